The fourth-order valence-electron chi connectivity index (χ4n) is 2.42. The SMILES string of the molecule is CCc1cc(Br)ccc1N1C=CC=CC(C(=O)OC)=C1C(=O)OC. The van der Waals surface area contributed by atoms with Crippen LogP contribution in [0.2, 0.25) is 0 Å². The standard InChI is InChI=1S/C18H18BrNO4/c1-4-12-11-13(19)8-9-15(12)20-10-6-5-7-14(17(21)23-2)16(20)18(22)24-3/h5-11H,4H2,1-3H3. The van der Waals surface area contributed by atoms with Gasteiger partial charge in [0.25, 0.3) is 0 Å². The van der Waals surface area contributed by atoms with Crippen molar-refractivity contribution in [2.45, 2.75) is 13.3 Å². The molecule has 126 valence electrons. The number of benzene rings is 1. The molecule has 0 unspecified atom stereocenters. The van der Waals surface area contributed by atoms with E-state index in [1.54, 1.807) is 29.3 Å². The molecule has 0 fully saturated rings. The molecule has 0 bridgehead atoms. The van der Waals surface area contributed by atoms with Crippen LogP contribution in [0.3, 0.4) is 0 Å². The van der Waals surface area contributed by atoms with Gasteiger partial charge in [-0.1, -0.05) is 28.9 Å². The predicted molar refractivity (Wildman–Crippen MR) is 95.3 cm³/mol. The van der Waals surface area contributed by atoms with E-state index in [0.29, 0.717) is 0 Å². The molecule has 1 aromatic carbocycles. The zero-order chi connectivity index (χ0) is 17.7. The normalized spacial score (nSPS) is 13.8. The van der Waals surface area contributed by atoms with Crippen molar-refractivity contribution >= 4 is 33.6 Å². The van der Waals surface area contributed by atoms with E-state index >= 15 is 0 Å². The minimum absolute atomic E-state index is 0.117. The Bertz CT molecular complexity index is 749. The molecule has 0 aliphatic carbocycles. The zero-order valence-corrected chi connectivity index (χ0v) is 15.3. The van der Waals surface area contributed by atoms with Gasteiger partial charge >= 0.3 is 11.9 Å². The second-order valence-corrected chi connectivity index (χ2v) is 5.86. The van der Waals surface area contributed by atoms with Gasteiger partial charge in [-0.05, 0) is 42.3 Å². The van der Waals surface area contributed by atoms with E-state index in [1.165, 1.54) is 14.2 Å². The maximum Gasteiger partial charge on any atom is 0.355 e. The van der Waals surface area contributed by atoms with Crippen molar-refractivity contribution in [2.24, 2.45) is 0 Å². The zero-order valence-electron chi connectivity index (χ0n) is 13.7. The summed E-state index contributed by atoms with van der Waals surface area (Å²) < 4.78 is 10.6. The van der Waals surface area contributed by atoms with E-state index in [9.17, 15) is 9.59 Å². The van der Waals surface area contributed by atoms with E-state index in [-0.39, 0.29) is 11.3 Å². The number of nitrogens with zero attached hydrogens (tertiary/aromatic N) is 1. The van der Waals surface area contributed by atoms with E-state index in [4.69, 9.17) is 9.47 Å². The van der Waals surface area contributed by atoms with Crippen LogP contribution in [0.15, 0.2) is 58.4 Å². The molecular formula is C18H18BrNO4. The molecule has 24 heavy (non-hydrogen) atoms. The van der Waals surface area contributed by atoms with Crippen LogP contribution in [0.4, 0.5) is 5.69 Å². The Morgan fingerprint density at radius 1 is 1.12 bits per heavy atom. The van der Waals surface area contributed by atoms with Crippen LogP contribution < -0.4 is 4.90 Å². The van der Waals surface area contributed by atoms with Crippen LogP contribution in [-0.2, 0) is 25.5 Å². The van der Waals surface area contributed by atoms with E-state index in [0.717, 1.165) is 22.1 Å². The highest BCUT2D eigenvalue weighted by Crippen LogP contribution is 2.31. The minimum Gasteiger partial charge on any atom is -0.465 e. The van der Waals surface area contributed by atoms with Crippen LogP contribution in [0, 0.1) is 0 Å². The number of carbonyl (C=O) groups is 2. The van der Waals surface area contributed by atoms with E-state index < -0.39 is 11.9 Å². The van der Waals surface area contributed by atoms with Crippen LogP contribution in [-0.4, -0.2) is 26.2 Å². The molecule has 1 aromatic rings. The summed E-state index contributed by atoms with van der Waals surface area (Å²) in [6.45, 7) is 2.02. The number of rotatable bonds is 4. The quantitative estimate of drug-likeness (QED) is 0.735. The first kappa shape index (κ1) is 18.0. The topological polar surface area (TPSA) is 55.8 Å². The Hall–Kier alpha value is -2.34. The number of hydrogen-bond acceptors (Lipinski definition) is 5. The number of allylic oxidation sites excluding steroid dienone is 2. The lowest BCUT2D eigenvalue weighted by Crippen LogP contribution is -2.27. The molecule has 1 heterocycles. The van der Waals surface area contributed by atoms with Gasteiger partial charge in [-0.25, -0.2) is 9.59 Å². The van der Waals surface area contributed by atoms with Crippen molar-refractivity contribution in [3.05, 3.63) is 63.9 Å². The Labute approximate surface area is 149 Å². The lowest BCUT2D eigenvalue weighted by Gasteiger charge is -2.25. The van der Waals surface area contributed by atoms with Gasteiger partial charge in [-0.15, -0.1) is 0 Å². The first-order chi connectivity index (χ1) is 11.5. The van der Waals surface area contributed by atoms with Gasteiger partial charge in [0.15, 0.2) is 0 Å². The van der Waals surface area contributed by atoms with Gasteiger partial charge < -0.3 is 14.4 Å². The number of halogens is 1. The molecule has 1 aliphatic heterocycles. The van der Waals surface area contributed by atoms with Crippen LogP contribution in [0.1, 0.15) is 12.5 Å². The van der Waals surface area contributed by atoms with Crippen molar-refractivity contribution in [3.63, 3.8) is 0 Å². The number of esters is 2. The molecule has 5 nitrogen and oxygen atoms in total. The van der Waals surface area contributed by atoms with Crippen molar-refractivity contribution in [2.75, 3.05) is 19.1 Å². The molecule has 0 radical (unpaired) electrons. The molecule has 6 heteroatoms. The second kappa shape index (κ2) is 7.97. The molecule has 0 spiro atoms. The van der Waals surface area contributed by atoms with Gasteiger partial charge in [-0.2, -0.15) is 0 Å². The molecular weight excluding hydrogens is 374 g/mol. The maximum absolute atomic E-state index is 12.4. The Balaban J connectivity index is 2.70. The largest absolute Gasteiger partial charge is 0.465 e. The third kappa shape index (κ3) is 3.59. The van der Waals surface area contributed by atoms with Crippen molar-refractivity contribution in [3.8, 4) is 0 Å². The number of ether oxygens (including phenoxy) is 2. The van der Waals surface area contributed by atoms with Gasteiger partial charge in [0.05, 0.1) is 19.8 Å². The Morgan fingerprint density at radius 3 is 2.46 bits per heavy atom. The molecule has 0 atom stereocenters. The average molecular weight is 392 g/mol. The summed E-state index contributed by atoms with van der Waals surface area (Å²) in [5.74, 6) is -1.22. The smallest absolute Gasteiger partial charge is 0.355 e. The molecule has 0 amide bonds. The Kier molecular flexibility index (Phi) is 5.98. The highest BCUT2D eigenvalue weighted by molar-refractivity contribution is 9.10. The maximum atomic E-state index is 12.4. The number of anilines is 1. The molecule has 0 aromatic heterocycles. The fraction of sp³-hybridized carbons (Fsp3) is 0.222. The number of aryl methyl sites for hydroxylation is 1. The predicted octanol–water partition coefficient (Wildman–Crippen LogP) is 3.50. The second-order valence-electron chi connectivity index (χ2n) is 4.94. The van der Waals surface area contributed by atoms with Crippen molar-refractivity contribution < 1.29 is 19.1 Å². The van der Waals surface area contributed by atoms with Gasteiger partial charge in [-0.3, -0.25) is 0 Å². The lowest BCUT2D eigenvalue weighted by atomic mass is 10.1. The lowest BCUT2D eigenvalue weighted by molar-refractivity contribution is -0.139. The van der Waals surface area contributed by atoms with Gasteiger partial charge in [0.1, 0.15) is 5.70 Å². The van der Waals surface area contributed by atoms with Crippen LogP contribution in [0.5, 0.6) is 0 Å². The number of methoxy groups -OCH3 is 2. The molecule has 0 saturated carbocycles. The fourth-order valence-corrected chi connectivity index (χ4v) is 2.83. The Morgan fingerprint density at radius 2 is 1.83 bits per heavy atom. The third-order valence-electron chi connectivity index (χ3n) is 3.57. The summed E-state index contributed by atoms with van der Waals surface area (Å²) in [5.41, 5.74) is 2.06. The summed E-state index contributed by atoms with van der Waals surface area (Å²) in [6.07, 6.45) is 7.45. The summed E-state index contributed by atoms with van der Waals surface area (Å²) >= 11 is 3.45. The van der Waals surface area contributed by atoms with E-state index in [1.807, 2.05) is 25.1 Å². The average Bonchev–Trinajstić information content (AvgIpc) is 2.82. The number of carbonyl (C=O) groups excluding carboxylic acids is 2. The first-order valence-corrected chi connectivity index (χ1v) is 8.16. The molecule has 2 rings (SSSR count). The summed E-state index contributed by atoms with van der Waals surface area (Å²) in [7, 11) is 2.56. The van der Waals surface area contributed by atoms with E-state index in [2.05, 4.69) is 15.9 Å². The van der Waals surface area contributed by atoms with Gasteiger partial charge in [0.2, 0.25) is 0 Å². The first-order valence-electron chi connectivity index (χ1n) is 7.36. The highest BCUT2D eigenvalue weighted by atomic mass is 79.9. The molecule has 1 aliphatic rings. The molecule has 0 saturated heterocycles. The van der Waals surface area contributed by atoms with Crippen molar-refractivity contribution in [1.82, 2.24) is 0 Å². The van der Waals surface area contributed by atoms with Gasteiger partial charge in [0, 0.05) is 16.4 Å². The summed E-state index contributed by atoms with van der Waals surface area (Å²) in [6, 6.07) is 5.75. The summed E-state index contributed by atoms with van der Waals surface area (Å²) in [4.78, 5) is 26.2. The van der Waals surface area contributed by atoms with Crippen molar-refractivity contribution in [1.29, 1.82) is 0 Å². The highest BCUT2D eigenvalue weighted by Gasteiger charge is 2.28. The van der Waals surface area contributed by atoms with Crippen LogP contribution >= 0.6 is 15.9 Å². The molecule has 0 N–H and O–H groups in total. The van der Waals surface area contributed by atoms with Crippen LogP contribution in [0.25, 0.3) is 0 Å². The monoisotopic (exact) mass is 391 g/mol. The number of hydrogen-bond donors (Lipinski definition) is 0. The third-order valence-corrected chi connectivity index (χ3v) is 4.06. The summed E-state index contributed by atoms with van der Waals surface area (Å²) in [5, 5.41) is 0. The minimum atomic E-state index is -0.614.